The van der Waals surface area contributed by atoms with Gasteiger partial charge in [-0.3, -0.25) is 14.4 Å². The van der Waals surface area contributed by atoms with Crippen LogP contribution in [-0.2, 0) is 13.1 Å². The maximum absolute atomic E-state index is 14.1. The largest absolute Gasteiger partial charge is 0.503 e. The zero-order chi connectivity index (χ0) is 22.7. The van der Waals surface area contributed by atoms with Crippen LogP contribution in [-0.4, -0.2) is 38.5 Å². The van der Waals surface area contributed by atoms with Crippen molar-refractivity contribution in [3.05, 3.63) is 62.6 Å². The van der Waals surface area contributed by atoms with Gasteiger partial charge in [-0.15, -0.1) is 0 Å². The van der Waals surface area contributed by atoms with E-state index in [9.17, 15) is 28.3 Å². The second-order valence-corrected chi connectivity index (χ2v) is 8.96. The highest BCUT2D eigenvalue weighted by atomic mass is 19.1. The third-order valence-electron chi connectivity index (χ3n) is 7.07. The number of aryl methyl sites for hydroxylation is 1. The normalized spacial score (nSPS) is 23.7. The highest BCUT2D eigenvalue weighted by Crippen LogP contribution is 2.43. The molecule has 1 atom stereocenters. The van der Waals surface area contributed by atoms with E-state index in [1.165, 1.54) is 10.8 Å². The van der Waals surface area contributed by atoms with Gasteiger partial charge in [0.1, 0.15) is 17.2 Å². The molecule has 3 aliphatic heterocycles. The van der Waals surface area contributed by atoms with Gasteiger partial charge in [0, 0.05) is 30.9 Å². The van der Waals surface area contributed by atoms with Gasteiger partial charge in [0.15, 0.2) is 11.4 Å². The Hall–Kier alpha value is -3.23. The molecule has 4 aliphatic rings. The fourth-order valence-electron chi connectivity index (χ4n) is 5.48. The molecule has 1 aromatic heterocycles. The van der Waals surface area contributed by atoms with Crippen LogP contribution in [0.4, 0.5) is 8.78 Å². The van der Waals surface area contributed by atoms with Gasteiger partial charge in [-0.25, -0.2) is 8.78 Å². The summed E-state index contributed by atoms with van der Waals surface area (Å²) in [6.45, 7) is 1.47. The van der Waals surface area contributed by atoms with Crippen molar-refractivity contribution in [2.24, 2.45) is 5.92 Å². The van der Waals surface area contributed by atoms with Crippen LogP contribution in [0, 0.1) is 24.5 Å². The van der Waals surface area contributed by atoms with Crippen LogP contribution in [0.5, 0.6) is 5.75 Å². The van der Waals surface area contributed by atoms with Crippen molar-refractivity contribution in [1.29, 1.82) is 0 Å². The molecule has 0 radical (unpaired) electrons. The fourth-order valence-corrected chi connectivity index (χ4v) is 5.48. The van der Waals surface area contributed by atoms with Gasteiger partial charge in [0.05, 0.1) is 6.04 Å². The van der Waals surface area contributed by atoms with Gasteiger partial charge in [-0.05, 0) is 56.2 Å². The van der Waals surface area contributed by atoms with Crippen molar-refractivity contribution in [3.8, 4) is 5.75 Å². The molecular weight excluding hydrogens is 420 g/mol. The Bertz CT molecular complexity index is 1180. The molecule has 0 spiro atoms. The van der Waals surface area contributed by atoms with Gasteiger partial charge in [0.2, 0.25) is 5.43 Å². The molecule has 0 unspecified atom stereocenters. The quantitative estimate of drug-likeness (QED) is 0.763. The Balaban J connectivity index is 1.45. The molecule has 1 saturated carbocycles. The summed E-state index contributed by atoms with van der Waals surface area (Å²) in [5.74, 6) is -3.28. The molecule has 2 saturated heterocycles. The predicted octanol–water partition coefficient (Wildman–Crippen LogP) is 2.47. The van der Waals surface area contributed by atoms with Crippen molar-refractivity contribution < 1.29 is 23.5 Å². The van der Waals surface area contributed by atoms with E-state index in [0.717, 1.165) is 37.8 Å². The van der Waals surface area contributed by atoms with E-state index >= 15 is 0 Å². The SMILES string of the molecule is Cc1cc(F)c(CNC(=O)c2cn3c(c(O)c2=O)C(=O)N2C4CCC(CC4)[C@@H]2C3)c(F)c1. The van der Waals surface area contributed by atoms with Crippen LogP contribution >= 0.6 is 0 Å². The Morgan fingerprint density at radius 2 is 1.81 bits per heavy atom. The Labute approximate surface area is 182 Å². The second-order valence-electron chi connectivity index (χ2n) is 8.96. The van der Waals surface area contributed by atoms with Gasteiger partial charge in [-0.1, -0.05) is 0 Å². The number of amides is 2. The molecule has 1 aromatic carbocycles. The molecule has 2 bridgehead atoms. The summed E-state index contributed by atoms with van der Waals surface area (Å²) in [6, 6.07) is 2.39. The predicted molar refractivity (Wildman–Crippen MR) is 110 cm³/mol. The molecule has 6 rings (SSSR count). The number of hydrogen-bond donors (Lipinski definition) is 2. The topological polar surface area (TPSA) is 91.6 Å². The zero-order valence-electron chi connectivity index (χ0n) is 17.5. The van der Waals surface area contributed by atoms with E-state index in [4.69, 9.17) is 0 Å². The van der Waals surface area contributed by atoms with E-state index in [0.29, 0.717) is 18.0 Å². The number of carbonyl (C=O) groups is 2. The second kappa shape index (κ2) is 7.43. The molecule has 1 aliphatic carbocycles. The first kappa shape index (κ1) is 20.7. The monoisotopic (exact) mass is 443 g/mol. The number of piperidine rings is 2. The molecule has 9 heteroatoms. The summed E-state index contributed by atoms with van der Waals surface area (Å²) in [4.78, 5) is 40.3. The van der Waals surface area contributed by atoms with Crippen molar-refractivity contribution in [1.82, 2.24) is 14.8 Å². The summed E-state index contributed by atoms with van der Waals surface area (Å²) < 4.78 is 29.6. The molecule has 2 aromatic rings. The molecule has 4 heterocycles. The third kappa shape index (κ3) is 3.10. The molecular formula is C23H23F2N3O4. The Morgan fingerprint density at radius 1 is 1.16 bits per heavy atom. The van der Waals surface area contributed by atoms with Crippen LogP contribution in [0.25, 0.3) is 0 Å². The van der Waals surface area contributed by atoms with Gasteiger partial charge in [0.25, 0.3) is 11.8 Å². The minimum Gasteiger partial charge on any atom is -0.503 e. The average Bonchev–Trinajstić information content (AvgIpc) is 2.75. The Morgan fingerprint density at radius 3 is 2.47 bits per heavy atom. The van der Waals surface area contributed by atoms with Crippen LogP contribution in [0.15, 0.2) is 23.1 Å². The van der Waals surface area contributed by atoms with E-state index in [1.54, 1.807) is 11.8 Å². The minimum absolute atomic E-state index is 0.0314. The van der Waals surface area contributed by atoms with Crippen molar-refractivity contribution in [2.45, 2.75) is 57.8 Å². The van der Waals surface area contributed by atoms with Crippen LogP contribution in [0.3, 0.4) is 0 Å². The Kier molecular flexibility index (Phi) is 4.79. The summed E-state index contributed by atoms with van der Waals surface area (Å²) in [5, 5.41) is 12.9. The number of fused-ring (bicyclic) bond motifs is 3. The number of hydrogen-bond acceptors (Lipinski definition) is 4. The number of nitrogens with zero attached hydrogens (tertiary/aromatic N) is 2. The van der Waals surface area contributed by atoms with Gasteiger partial charge in [-0.2, -0.15) is 0 Å². The lowest BCUT2D eigenvalue weighted by Gasteiger charge is -2.53. The zero-order valence-corrected chi connectivity index (χ0v) is 17.5. The highest BCUT2D eigenvalue weighted by molar-refractivity contribution is 5.99. The van der Waals surface area contributed by atoms with E-state index < -0.39 is 35.3 Å². The standard InChI is InChI=1S/C23H23F2N3O4/c1-11-6-16(24)14(17(25)7-11)8-26-22(31)15-9-27-10-18-12-2-4-13(5-3-12)28(18)23(32)19(27)21(30)20(15)29/h6-7,9,12-13,18,30H,2-5,8,10H2,1H3,(H,26,31)/t12?,13?,18-/m0/s1. The van der Waals surface area contributed by atoms with Crippen molar-refractivity contribution in [3.63, 3.8) is 0 Å². The first-order valence-corrected chi connectivity index (χ1v) is 10.8. The molecule has 32 heavy (non-hydrogen) atoms. The number of carbonyl (C=O) groups excluding carboxylic acids is 2. The smallest absolute Gasteiger partial charge is 0.275 e. The van der Waals surface area contributed by atoms with Crippen molar-refractivity contribution in [2.75, 3.05) is 0 Å². The average molecular weight is 443 g/mol. The van der Waals surface area contributed by atoms with Gasteiger partial charge < -0.3 is 19.9 Å². The molecule has 168 valence electrons. The lowest BCUT2D eigenvalue weighted by atomic mass is 9.73. The third-order valence-corrected chi connectivity index (χ3v) is 7.07. The number of pyridine rings is 1. The lowest BCUT2D eigenvalue weighted by Crippen LogP contribution is -2.61. The number of aromatic nitrogens is 1. The first-order chi connectivity index (χ1) is 15.3. The van der Waals surface area contributed by atoms with Crippen molar-refractivity contribution >= 4 is 11.8 Å². The fraction of sp³-hybridized carbons (Fsp3) is 0.435. The molecule has 3 fully saturated rings. The number of rotatable bonds is 3. The maximum atomic E-state index is 14.1. The van der Waals surface area contributed by atoms with Crippen LogP contribution in [0.2, 0.25) is 0 Å². The highest BCUT2D eigenvalue weighted by Gasteiger charge is 2.48. The summed E-state index contributed by atoms with van der Waals surface area (Å²) in [6.07, 6.45) is 5.17. The molecule has 2 amide bonds. The summed E-state index contributed by atoms with van der Waals surface area (Å²) in [5.41, 5.74) is -1.38. The van der Waals surface area contributed by atoms with Gasteiger partial charge >= 0.3 is 0 Å². The number of nitrogens with one attached hydrogen (secondary N) is 1. The maximum Gasteiger partial charge on any atom is 0.275 e. The number of halogens is 2. The summed E-state index contributed by atoms with van der Waals surface area (Å²) in [7, 11) is 0. The lowest BCUT2D eigenvalue weighted by molar-refractivity contribution is -0.0181. The van der Waals surface area contributed by atoms with Crippen LogP contribution < -0.4 is 10.7 Å². The van der Waals surface area contributed by atoms with Crippen LogP contribution in [0.1, 0.15) is 57.7 Å². The van der Waals surface area contributed by atoms with E-state index in [-0.39, 0.29) is 34.8 Å². The van der Waals surface area contributed by atoms with E-state index in [2.05, 4.69) is 5.32 Å². The first-order valence-electron chi connectivity index (χ1n) is 10.8. The number of benzene rings is 1. The molecule has 7 nitrogen and oxygen atoms in total. The van der Waals surface area contributed by atoms with E-state index in [1.807, 2.05) is 0 Å². The molecule has 2 N–H and O–H groups in total. The minimum atomic E-state index is -0.979. The number of aromatic hydroxyl groups is 1. The summed E-state index contributed by atoms with van der Waals surface area (Å²) >= 11 is 0.